The van der Waals surface area contributed by atoms with Gasteiger partial charge in [0.1, 0.15) is 6.61 Å². The summed E-state index contributed by atoms with van der Waals surface area (Å²) in [5.74, 6) is -0.335. The van der Waals surface area contributed by atoms with Gasteiger partial charge in [-0.05, 0) is 24.6 Å². The van der Waals surface area contributed by atoms with Crippen LogP contribution in [0.2, 0.25) is 5.02 Å². The molecule has 0 atom stereocenters. The van der Waals surface area contributed by atoms with Crippen LogP contribution in [0.5, 0.6) is 0 Å². The van der Waals surface area contributed by atoms with E-state index >= 15 is 0 Å². The van der Waals surface area contributed by atoms with Crippen LogP contribution >= 0.6 is 11.6 Å². The number of oxime groups is 1. The van der Waals surface area contributed by atoms with E-state index in [2.05, 4.69) is 10.5 Å². The number of amides is 1. The molecule has 0 aliphatic heterocycles. The first-order chi connectivity index (χ1) is 9.08. The van der Waals surface area contributed by atoms with Gasteiger partial charge < -0.3 is 21.0 Å². The van der Waals surface area contributed by atoms with Crippen LogP contribution in [0.25, 0.3) is 0 Å². The Balaban J connectivity index is 2.67. The number of amidine groups is 1. The van der Waals surface area contributed by atoms with Crippen LogP contribution in [0.1, 0.15) is 18.9 Å². The molecule has 1 amide bonds. The van der Waals surface area contributed by atoms with Gasteiger partial charge >= 0.3 is 0 Å². The molecule has 1 aromatic rings. The minimum absolute atomic E-state index is 0.0217. The predicted octanol–water partition coefficient (Wildman–Crippen LogP) is 1.80. The van der Waals surface area contributed by atoms with Crippen LogP contribution < -0.4 is 11.1 Å². The molecule has 1 rings (SSSR count). The standard InChI is InChI=1S/C12H16ClN3O3/c1-2-5-19-7-11(17)15-10-4-3-8(6-9(10)13)12(14)16-18/h3-4,6,18H,2,5,7H2,1H3,(H2,14,16)(H,15,17). The molecule has 0 saturated carbocycles. The van der Waals surface area contributed by atoms with Gasteiger partial charge in [0, 0.05) is 12.2 Å². The highest BCUT2D eigenvalue weighted by molar-refractivity contribution is 6.34. The lowest BCUT2D eigenvalue weighted by atomic mass is 10.2. The van der Waals surface area contributed by atoms with Gasteiger partial charge in [0.05, 0.1) is 10.7 Å². The summed E-state index contributed by atoms with van der Waals surface area (Å²) in [5, 5.41) is 14.3. The molecule has 1 aromatic carbocycles. The van der Waals surface area contributed by atoms with Crippen LogP contribution in [0.3, 0.4) is 0 Å². The molecule has 0 spiro atoms. The minimum Gasteiger partial charge on any atom is -0.409 e. The molecular formula is C12H16ClN3O3. The second-order valence-corrected chi connectivity index (χ2v) is 4.19. The number of nitrogens with two attached hydrogens (primary N) is 1. The lowest BCUT2D eigenvalue weighted by Crippen LogP contribution is -2.19. The average Bonchev–Trinajstić information content (AvgIpc) is 2.40. The Kier molecular flexibility index (Phi) is 6.11. The summed E-state index contributed by atoms with van der Waals surface area (Å²) in [7, 11) is 0. The number of anilines is 1. The molecule has 0 bridgehead atoms. The minimum atomic E-state index is -0.285. The highest BCUT2D eigenvalue weighted by Gasteiger charge is 2.08. The second-order valence-electron chi connectivity index (χ2n) is 3.78. The van der Waals surface area contributed by atoms with E-state index < -0.39 is 0 Å². The van der Waals surface area contributed by atoms with E-state index in [4.69, 9.17) is 27.3 Å². The lowest BCUT2D eigenvalue weighted by molar-refractivity contribution is -0.120. The number of nitrogens with zero attached hydrogens (tertiary/aromatic N) is 1. The highest BCUT2D eigenvalue weighted by Crippen LogP contribution is 2.22. The molecule has 0 fully saturated rings. The normalized spacial score (nSPS) is 11.4. The first kappa shape index (κ1) is 15.3. The van der Waals surface area contributed by atoms with E-state index in [9.17, 15) is 4.79 Å². The molecule has 0 radical (unpaired) electrons. The zero-order chi connectivity index (χ0) is 14.3. The molecule has 0 heterocycles. The van der Waals surface area contributed by atoms with Crippen molar-refractivity contribution in [1.82, 2.24) is 0 Å². The average molecular weight is 286 g/mol. The third kappa shape index (κ3) is 4.76. The number of hydrogen-bond acceptors (Lipinski definition) is 4. The van der Waals surface area contributed by atoms with Gasteiger partial charge in [-0.3, -0.25) is 4.79 Å². The van der Waals surface area contributed by atoms with Crippen molar-refractivity contribution in [3.05, 3.63) is 28.8 Å². The van der Waals surface area contributed by atoms with Gasteiger partial charge in [0.15, 0.2) is 5.84 Å². The molecule has 19 heavy (non-hydrogen) atoms. The van der Waals surface area contributed by atoms with Crippen molar-refractivity contribution in [2.24, 2.45) is 10.9 Å². The first-order valence-corrected chi connectivity index (χ1v) is 6.11. The maximum Gasteiger partial charge on any atom is 0.250 e. The Morgan fingerprint density at radius 3 is 2.89 bits per heavy atom. The molecule has 0 aromatic heterocycles. The quantitative estimate of drug-likeness (QED) is 0.244. The smallest absolute Gasteiger partial charge is 0.250 e. The molecule has 6 nitrogen and oxygen atoms in total. The molecule has 0 saturated heterocycles. The van der Waals surface area contributed by atoms with Gasteiger partial charge in [-0.25, -0.2) is 0 Å². The maximum absolute atomic E-state index is 11.5. The molecule has 104 valence electrons. The van der Waals surface area contributed by atoms with Gasteiger partial charge in [0.25, 0.3) is 0 Å². The molecule has 0 unspecified atom stereocenters. The number of nitrogens with one attached hydrogen (secondary N) is 1. The van der Waals surface area contributed by atoms with Crippen molar-refractivity contribution < 1.29 is 14.7 Å². The van der Waals surface area contributed by atoms with Crippen LogP contribution in [0.4, 0.5) is 5.69 Å². The number of carbonyl (C=O) groups excluding carboxylic acids is 1. The summed E-state index contributed by atoms with van der Waals surface area (Å²) in [4.78, 5) is 11.5. The summed E-state index contributed by atoms with van der Waals surface area (Å²) >= 11 is 5.99. The van der Waals surface area contributed by atoms with Crippen LogP contribution in [0, 0.1) is 0 Å². The fraction of sp³-hybridized carbons (Fsp3) is 0.333. The van der Waals surface area contributed by atoms with E-state index in [-0.39, 0.29) is 18.3 Å². The van der Waals surface area contributed by atoms with Crippen molar-refractivity contribution >= 4 is 29.0 Å². The Morgan fingerprint density at radius 2 is 2.32 bits per heavy atom. The van der Waals surface area contributed by atoms with E-state index in [1.807, 2.05) is 6.92 Å². The Hall–Kier alpha value is -1.79. The monoisotopic (exact) mass is 285 g/mol. The Bertz CT molecular complexity index is 477. The molecular weight excluding hydrogens is 270 g/mol. The van der Waals surface area contributed by atoms with Crippen molar-refractivity contribution in [1.29, 1.82) is 0 Å². The highest BCUT2D eigenvalue weighted by atomic mass is 35.5. The zero-order valence-corrected chi connectivity index (χ0v) is 11.3. The third-order valence-corrected chi connectivity index (χ3v) is 2.54. The van der Waals surface area contributed by atoms with Crippen molar-refractivity contribution in [3.63, 3.8) is 0 Å². The van der Waals surface area contributed by atoms with Crippen molar-refractivity contribution in [3.8, 4) is 0 Å². The lowest BCUT2D eigenvalue weighted by Gasteiger charge is -2.08. The number of halogens is 1. The SMILES string of the molecule is CCCOCC(=O)Nc1ccc(/C(N)=N/O)cc1Cl. The van der Waals surface area contributed by atoms with Crippen molar-refractivity contribution in [2.75, 3.05) is 18.5 Å². The van der Waals surface area contributed by atoms with Crippen molar-refractivity contribution in [2.45, 2.75) is 13.3 Å². The summed E-state index contributed by atoms with van der Waals surface area (Å²) in [6.07, 6.45) is 0.850. The van der Waals surface area contributed by atoms with Crippen LogP contribution in [0.15, 0.2) is 23.4 Å². The van der Waals surface area contributed by atoms with E-state index in [1.54, 1.807) is 12.1 Å². The summed E-state index contributed by atoms with van der Waals surface area (Å²) < 4.78 is 5.11. The molecule has 0 aliphatic carbocycles. The third-order valence-electron chi connectivity index (χ3n) is 2.23. The first-order valence-electron chi connectivity index (χ1n) is 5.73. The topological polar surface area (TPSA) is 96.9 Å². The van der Waals surface area contributed by atoms with Gasteiger partial charge in [-0.15, -0.1) is 0 Å². The second kappa shape index (κ2) is 7.60. The number of hydrogen-bond donors (Lipinski definition) is 3. The largest absolute Gasteiger partial charge is 0.409 e. The van der Waals surface area contributed by atoms with Gasteiger partial charge in [0.2, 0.25) is 5.91 Å². The fourth-order valence-electron chi connectivity index (χ4n) is 1.33. The van der Waals surface area contributed by atoms with Gasteiger partial charge in [-0.2, -0.15) is 0 Å². The molecule has 4 N–H and O–H groups in total. The molecule has 7 heteroatoms. The number of carbonyl (C=O) groups is 1. The number of benzene rings is 1. The van der Waals surface area contributed by atoms with E-state index in [1.165, 1.54) is 6.07 Å². The summed E-state index contributed by atoms with van der Waals surface area (Å²) in [6.45, 7) is 2.47. The fourth-order valence-corrected chi connectivity index (χ4v) is 1.56. The zero-order valence-electron chi connectivity index (χ0n) is 10.5. The van der Waals surface area contributed by atoms with Crippen LogP contribution in [-0.2, 0) is 9.53 Å². The predicted molar refractivity (Wildman–Crippen MR) is 73.7 cm³/mol. The van der Waals surface area contributed by atoms with E-state index in [0.29, 0.717) is 22.9 Å². The number of ether oxygens (including phenoxy) is 1. The maximum atomic E-state index is 11.5. The molecule has 0 aliphatic rings. The van der Waals surface area contributed by atoms with Crippen LogP contribution in [-0.4, -0.2) is 30.2 Å². The number of rotatable bonds is 6. The van der Waals surface area contributed by atoms with E-state index in [0.717, 1.165) is 6.42 Å². The van der Waals surface area contributed by atoms with Gasteiger partial charge in [-0.1, -0.05) is 23.7 Å². The summed E-state index contributed by atoms with van der Waals surface area (Å²) in [6, 6.07) is 4.66. The Morgan fingerprint density at radius 1 is 1.58 bits per heavy atom. The summed E-state index contributed by atoms with van der Waals surface area (Å²) in [5.41, 5.74) is 6.34. The Labute approximate surface area is 116 Å².